The molecule has 0 aromatic carbocycles. The van der Waals surface area contributed by atoms with Crippen molar-refractivity contribution >= 4 is 30.1 Å². The number of halogens is 1. The number of carbonyl (C=O) groups is 1. The molecule has 0 bridgehead atoms. The van der Waals surface area contributed by atoms with Crippen LogP contribution in [-0.4, -0.2) is 47.5 Å². The molecule has 1 unspecified atom stereocenters. The predicted molar refractivity (Wildman–Crippen MR) is 80.6 cm³/mol. The van der Waals surface area contributed by atoms with Crippen molar-refractivity contribution in [1.82, 2.24) is 10.2 Å². The lowest BCUT2D eigenvalue weighted by atomic mass is 9.87. The molecule has 106 valence electrons. The van der Waals surface area contributed by atoms with Crippen molar-refractivity contribution in [2.24, 2.45) is 5.41 Å². The molecule has 0 aromatic heterocycles. The fourth-order valence-corrected chi connectivity index (χ4v) is 3.40. The van der Waals surface area contributed by atoms with E-state index in [2.05, 4.69) is 31.0 Å². The van der Waals surface area contributed by atoms with E-state index >= 15 is 0 Å². The number of hydrogen-bond acceptors (Lipinski definition) is 3. The monoisotopic (exact) mass is 292 g/mol. The lowest BCUT2D eigenvalue weighted by molar-refractivity contribution is -0.127. The number of rotatable bonds is 2. The number of likely N-dealkylation sites (tertiary alicyclic amines) is 1. The van der Waals surface area contributed by atoms with Gasteiger partial charge in [-0.25, -0.2) is 0 Å². The minimum atomic E-state index is 0. The Morgan fingerprint density at radius 3 is 2.67 bits per heavy atom. The molecule has 1 amide bonds. The average Bonchev–Trinajstić information content (AvgIpc) is 2.85. The molecule has 1 N–H and O–H groups in total. The van der Waals surface area contributed by atoms with E-state index < -0.39 is 0 Å². The van der Waals surface area contributed by atoms with E-state index in [4.69, 9.17) is 0 Å². The third-order valence-corrected chi connectivity index (χ3v) is 5.01. The van der Waals surface area contributed by atoms with Crippen molar-refractivity contribution in [3.63, 3.8) is 0 Å². The molecule has 2 aliphatic heterocycles. The van der Waals surface area contributed by atoms with Crippen LogP contribution in [0.15, 0.2) is 0 Å². The number of nitrogens with zero attached hydrogens (tertiary/aromatic N) is 1. The van der Waals surface area contributed by atoms with Crippen LogP contribution in [0.4, 0.5) is 0 Å². The molecular weight excluding hydrogens is 268 g/mol. The van der Waals surface area contributed by atoms with Crippen LogP contribution in [0.1, 0.15) is 33.6 Å². The summed E-state index contributed by atoms with van der Waals surface area (Å²) in [5.74, 6) is 0.959. The molecule has 2 aliphatic rings. The van der Waals surface area contributed by atoms with Gasteiger partial charge in [0.2, 0.25) is 5.91 Å². The van der Waals surface area contributed by atoms with E-state index in [0.717, 1.165) is 26.2 Å². The molecule has 2 fully saturated rings. The summed E-state index contributed by atoms with van der Waals surface area (Å²) in [6.45, 7) is 10.7. The van der Waals surface area contributed by atoms with E-state index in [1.807, 2.05) is 0 Å². The van der Waals surface area contributed by atoms with Crippen LogP contribution in [0.25, 0.3) is 0 Å². The van der Waals surface area contributed by atoms with Gasteiger partial charge >= 0.3 is 0 Å². The lowest BCUT2D eigenvalue weighted by Crippen LogP contribution is -2.34. The third-order valence-electron chi connectivity index (χ3n) is 3.75. The summed E-state index contributed by atoms with van der Waals surface area (Å²) >= 11 is 1.75. The zero-order valence-corrected chi connectivity index (χ0v) is 13.3. The van der Waals surface area contributed by atoms with Crippen LogP contribution in [0.3, 0.4) is 0 Å². The first-order valence-electron chi connectivity index (χ1n) is 6.53. The first-order chi connectivity index (χ1) is 7.90. The van der Waals surface area contributed by atoms with Gasteiger partial charge in [-0.05, 0) is 19.4 Å². The van der Waals surface area contributed by atoms with Gasteiger partial charge in [-0.1, -0.05) is 20.8 Å². The van der Waals surface area contributed by atoms with Crippen LogP contribution < -0.4 is 5.32 Å². The van der Waals surface area contributed by atoms with Gasteiger partial charge in [0.05, 0.1) is 5.75 Å². The van der Waals surface area contributed by atoms with Gasteiger partial charge in [0.25, 0.3) is 0 Å². The molecule has 0 radical (unpaired) electrons. The van der Waals surface area contributed by atoms with E-state index in [1.54, 1.807) is 11.8 Å². The predicted octanol–water partition coefficient (Wildman–Crippen LogP) is 2.15. The van der Waals surface area contributed by atoms with Crippen LogP contribution >= 0.6 is 24.2 Å². The number of amides is 1. The maximum atomic E-state index is 12.1. The summed E-state index contributed by atoms with van der Waals surface area (Å²) < 4.78 is 0.183. The zero-order valence-electron chi connectivity index (χ0n) is 11.6. The summed E-state index contributed by atoms with van der Waals surface area (Å²) in [6, 6.07) is 0. The second kappa shape index (κ2) is 6.02. The topological polar surface area (TPSA) is 32.3 Å². The Bertz CT molecular complexity index is 298. The Hall–Kier alpha value is 0.0700. The Labute approximate surface area is 121 Å². The molecule has 2 rings (SSSR count). The van der Waals surface area contributed by atoms with Gasteiger partial charge in [0, 0.05) is 29.8 Å². The van der Waals surface area contributed by atoms with E-state index in [1.165, 1.54) is 12.8 Å². The highest BCUT2D eigenvalue weighted by Crippen LogP contribution is 2.36. The molecule has 0 aromatic rings. The van der Waals surface area contributed by atoms with Crippen molar-refractivity contribution in [2.75, 3.05) is 31.9 Å². The Morgan fingerprint density at radius 1 is 1.39 bits per heavy atom. The number of carbonyl (C=O) groups excluding carboxylic acids is 1. The van der Waals surface area contributed by atoms with Crippen molar-refractivity contribution < 1.29 is 4.79 Å². The molecule has 5 heteroatoms. The third kappa shape index (κ3) is 4.04. The number of nitrogens with one attached hydrogen (secondary N) is 1. The highest BCUT2D eigenvalue weighted by atomic mass is 35.5. The summed E-state index contributed by atoms with van der Waals surface area (Å²) in [7, 11) is 0. The second-order valence-electron chi connectivity index (χ2n) is 6.39. The van der Waals surface area contributed by atoms with Gasteiger partial charge in [0.15, 0.2) is 0 Å². The van der Waals surface area contributed by atoms with Crippen molar-refractivity contribution in [1.29, 1.82) is 0 Å². The molecule has 1 spiro atoms. The van der Waals surface area contributed by atoms with E-state index in [9.17, 15) is 4.79 Å². The SMILES string of the molecule is CC(C)(C)SCC(=O)N1CCC2(CCNC2)C1.Cl. The minimum Gasteiger partial charge on any atom is -0.341 e. The van der Waals surface area contributed by atoms with Crippen LogP contribution in [0.5, 0.6) is 0 Å². The van der Waals surface area contributed by atoms with Crippen LogP contribution in [0.2, 0.25) is 0 Å². The molecule has 3 nitrogen and oxygen atoms in total. The summed E-state index contributed by atoms with van der Waals surface area (Å²) in [6.07, 6.45) is 2.43. The maximum absolute atomic E-state index is 12.1. The smallest absolute Gasteiger partial charge is 0.232 e. The standard InChI is InChI=1S/C13H24N2OS.ClH/c1-12(2,3)17-8-11(16)15-7-5-13(10-15)4-6-14-9-13;/h14H,4-10H2,1-3H3;1H. The van der Waals surface area contributed by atoms with Crippen LogP contribution in [0, 0.1) is 5.41 Å². The molecule has 2 saturated heterocycles. The summed E-state index contributed by atoms with van der Waals surface area (Å²) in [4.78, 5) is 14.2. The van der Waals surface area contributed by atoms with Crippen molar-refractivity contribution in [2.45, 2.75) is 38.4 Å². The van der Waals surface area contributed by atoms with Gasteiger partial charge in [-0.2, -0.15) is 0 Å². The normalized spacial score (nSPS) is 27.6. The van der Waals surface area contributed by atoms with Gasteiger partial charge in [-0.15, -0.1) is 24.2 Å². The average molecular weight is 293 g/mol. The van der Waals surface area contributed by atoms with Crippen LogP contribution in [-0.2, 0) is 4.79 Å². The Kier molecular flexibility index (Phi) is 5.39. The van der Waals surface area contributed by atoms with Gasteiger partial charge in [-0.3, -0.25) is 4.79 Å². The Balaban J connectivity index is 0.00000162. The second-order valence-corrected chi connectivity index (χ2v) is 8.20. The zero-order chi connectivity index (χ0) is 12.5. The fourth-order valence-electron chi connectivity index (χ4n) is 2.66. The van der Waals surface area contributed by atoms with E-state index in [-0.39, 0.29) is 17.2 Å². The number of thioether (sulfide) groups is 1. The first-order valence-corrected chi connectivity index (χ1v) is 7.51. The molecule has 2 heterocycles. The molecule has 0 aliphatic carbocycles. The summed E-state index contributed by atoms with van der Waals surface area (Å²) in [5.41, 5.74) is 0.405. The quantitative estimate of drug-likeness (QED) is 0.846. The van der Waals surface area contributed by atoms with Gasteiger partial charge in [0.1, 0.15) is 0 Å². The fraction of sp³-hybridized carbons (Fsp3) is 0.923. The lowest BCUT2D eigenvalue weighted by Gasteiger charge is -2.24. The number of hydrogen-bond donors (Lipinski definition) is 1. The highest BCUT2D eigenvalue weighted by Gasteiger charge is 2.41. The maximum Gasteiger partial charge on any atom is 0.232 e. The molecule has 18 heavy (non-hydrogen) atoms. The summed E-state index contributed by atoms with van der Waals surface area (Å²) in [5, 5.41) is 3.43. The van der Waals surface area contributed by atoms with Crippen molar-refractivity contribution in [3.05, 3.63) is 0 Å². The Morgan fingerprint density at radius 2 is 2.11 bits per heavy atom. The molecule has 1 atom stereocenters. The minimum absolute atomic E-state index is 0. The molecular formula is C13H25ClN2OS. The van der Waals surface area contributed by atoms with Gasteiger partial charge < -0.3 is 10.2 Å². The molecule has 0 saturated carbocycles. The van der Waals surface area contributed by atoms with E-state index in [0.29, 0.717) is 17.1 Å². The highest BCUT2D eigenvalue weighted by molar-refractivity contribution is 8.01. The first kappa shape index (κ1) is 16.1. The largest absolute Gasteiger partial charge is 0.341 e. The van der Waals surface area contributed by atoms with Crippen molar-refractivity contribution in [3.8, 4) is 0 Å².